The molecule has 0 bridgehead atoms. The van der Waals surface area contributed by atoms with Crippen LogP contribution in [0, 0.1) is 6.92 Å². The summed E-state index contributed by atoms with van der Waals surface area (Å²) < 4.78 is 0. The standard InChI is InChI=1S/C10H9NO.Al.O/c1-7-5-6-8-3-2-4-9(12)10(8)11-7;;/h2-6,12H,1H3;;/q;+3;-2/p-1. The van der Waals surface area contributed by atoms with Gasteiger partial charge in [-0.1, -0.05) is 30.0 Å². The summed E-state index contributed by atoms with van der Waals surface area (Å²) in [5.41, 5.74) is 1.45. The van der Waals surface area contributed by atoms with E-state index in [-0.39, 0.29) is 28.6 Å². The van der Waals surface area contributed by atoms with Crippen LogP contribution in [-0.4, -0.2) is 22.3 Å². The average molecular weight is 201 g/mol. The minimum absolute atomic E-state index is 0. The summed E-state index contributed by atoms with van der Waals surface area (Å²) in [6.07, 6.45) is 0. The second kappa shape index (κ2) is 4.97. The van der Waals surface area contributed by atoms with Crippen molar-refractivity contribution in [3.05, 3.63) is 36.0 Å². The van der Waals surface area contributed by atoms with E-state index in [9.17, 15) is 5.11 Å². The predicted octanol–water partition coefficient (Wildman–Crippen LogP) is 1.12. The van der Waals surface area contributed by atoms with Gasteiger partial charge < -0.3 is 10.6 Å². The van der Waals surface area contributed by atoms with Crippen molar-refractivity contribution < 1.29 is 10.6 Å². The van der Waals surface area contributed by atoms with Gasteiger partial charge in [-0.05, 0) is 18.4 Å². The van der Waals surface area contributed by atoms with Crippen LogP contribution in [-0.2, 0) is 5.48 Å². The smallest absolute Gasteiger partial charge is 2.00 e. The van der Waals surface area contributed by atoms with E-state index in [4.69, 9.17) is 0 Å². The van der Waals surface area contributed by atoms with Crippen molar-refractivity contribution in [3.63, 3.8) is 0 Å². The molecule has 0 saturated heterocycles. The Kier molecular flexibility index (Phi) is 4.58. The molecule has 4 heteroatoms. The maximum atomic E-state index is 11.3. The number of hydrogen-bond acceptors (Lipinski definition) is 2. The van der Waals surface area contributed by atoms with Gasteiger partial charge in [-0.3, -0.25) is 4.98 Å². The van der Waals surface area contributed by atoms with Crippen LogP contribution in [0.1, 0.15) is 5.69 Å². The molecule has 0 aliphatic rings. The maximum Gasteiger partial charge on any atom is 3.00 e. The van der Waals surface area contributed by atoms with Crippen molar-refractivity contribution in [1.29, 1.82) is 0 Å². The summed E-state index contributed by atoms with van der Waals surface area (Å²) in [6.45, 7) is 1.88. The normalized spacial score (nSPS) is 8.93. The Bertz CT molecular complexity index is 431. The fraction of sp³-hybridized carbons (Fsp3) is 0.100. The van der Waals surface area contributed by atoms with E-state index in [0.717, 1.165) is 11.1 Å². The van der Waals surface area contributed by atoms with Crippen LogP contribution in [0.15, 0.2) is 30.3 Å². The van der Waals surface area contributed by atoms with Gasteiger partial charge >= 0.3 is 17.4 Å². The molecule has 2 rings (SSSR count). The molecule has 0 N–H and O–H groups in total. The van der Waals surface area contributed by atoms with Crippen molar-refractivity contribution in [2.75, 3.05) is 0 Å². The van der Waals surface area contributed by atoms with E-state index < -0.39 is 0 Å². The molecule has 14 heavy (non-hydrogen) atoms. The minimum atomic E-state index is -0.00352. The van der Waals surface area contributed by atoms with E-state index in [1.54, 1.807) is 6.07 Å². The number of hydrogen-bond donors (Lipinski definition) is 0. The zero-order valence-electron chi connectivity index (χ0n) is 7.73. The fourth-order valence-corrected chi connectivity index (χ4v) is 1.22. The van der Waals surface area contributed by atoms with E-state index in [0.29, 0.717) is 5.52 Å². The Morgan fingerprint density at radius 2 is 1.86 bits per heavy atom. The van der Waals surface area contributed by atoms with Crippen molar-refractivity contribution in [2.24, 2.45) is 0 Å². The van der Waals surface area contributed by atoms with Gasteiger partial charge in [-0.25, -0.2) is 0 Å². The number of aromatic nitrogens is 1. The number of fused-ring (bicyclic) bond motifs is 1. The Hall–Kier alpha value is -1.08. The summed E-state index contributed by atoms with van der Waals surface area (Å²) in [5.74, 6) is -0.00352. The molecule has 2 aromatic rings. The van der Waals surface area contributed by atoms with Crippen molar-refractivity contribution in [2.45, 2.75) is 6.92 Å². The van der Waals surface area contributed by atoms with Gasteiger partial charge in [-0.15, -0.1) is 0 Å². The summed E-state index contributed by atoms with van der Waals surface area (Å²) in [7, 11) is 0. The molecule has 1 heterocycles. The molecular weight excluding hydrogens is 193 g/mol. The van der Waals surface area contributed by atoms with Gasteiger partial charge in [0.25, 0.3) is 0 Å². The predicted molar refractivity (Wildman–Crippen MR) is 52.4 cm³/mol. The fourth-order valence-electron chi connectivity index (χ4n) is 1.22. The third-order valence-corrected chi connectivity index (χ3v) is 1.82. The van der Waals surface area contributed by atoms with Crippen LogP contribution in [0.5, 0.6) is 5.75 Å². The summed E-state index contributed by atoms with van der Waals surface area (Å²) >= 11 is 0. The zero-order valence-corrected chi connectivity index (χ0v) is 8.88. The molecule has 0 aliphatic carbocycles. The summed E-state index contributed by atoms with van der Waals surface area (Å²) in [6, 6.07) is 9.00. The zero-order chi connectivity index (χ0) is 8.55. The van der Waals surface area contributed by atoms with Crippen LogP contribution in [0.3, 0.4) is 0 Å². The Morgan fingerprint density at radius 1 is 1.14 bits per heavy atom. The molecule has 1 aromatic heterocycles. The molecule has 0 saturated carbocycles. The van der Waals surface area contributed by atoms with Crippen molar-refractivity contribution >= 4 is 28.3 Å². The number of aryl methyl sites for hydroxylation is 1. The molecular formula is C10H8AlNO2. The molecule has 0 fully saturated rings. The second-order valence-electron chi connectivity index (χ2n) is 2.78. The van der Waals surface area contributed by atoms with E-state index in [1.165, 1.54) is 6.07 Å². The quantitative estimate of drug-likeness (QED) is 0.599. The van der Waals surface area contributed by atoms with Gasteiger partial charge in [-0.2, -0.15) is 0 Å². The van der Waals surface area contributed by atoms with Crippen LogP contribution < -0.4 is 5.11 Å². The first-order valence-electron chi connectivity index (χ1n) is 3.81. The molecule has 3 nitrogen and oxygen atoms in total. The van der Waals surface area contributed by atoms with Gasteiger partial charge in [0.1, 0.15) is 0 Å². The minimum Gasteiger partial charge on any atom is -2.00 e. The first-order chi connectivity index (χ1) is 5.77. The second-order valence-corrected chi connectivity index (χ2v) is 2.78. The number of pyridine rings is 1. The number of rotatable bonds is 0. The summed E-state index contributed by atoms with van der Waals surface area (Å²) in [5, 5.41) is 12.2. The number of para-hydroxylation sites is 1. The molecule has 0 atom stereocenters. The molecule has 0 radical (unpaired) electrons. The SMILES string of the molecule is Cc1ccc2cccc([O-])c2n1.[Al+3].[O-2]. The molecule has 0 aliphatic heterocycles. The average Bonchev–Trinajstić information content (AvgIpc) is 2.07. The summed E-state index contributed by atoms with van der Waals surface area (Å²) in [4.78, 5) is 4.16. The van der Waals surface area contributed by atoms with Crippen molar-refractivity contribution in [1.82, 2.24) is 4.98 Å². The van der Waals surface area contributed by atoms with Crippen LogP contribution in [0.25, 0.3) is 10.9 Å². The molecule has 0 unspecified atom stereocenters. The Labute approximate surface area is 92.8 Å². The van der Waals surface area contributed by atoms with Gasteiger partial charge in [0.2, 0.25) is 0 Å². The largest absolute Gasteiger partial charge is 3.00 e. The molecule has 0 spiro atoms. The molecule has 1 aromatic carbocycles. The third kappa shape index (κ3) is 2.24. The van der Waals surface area contributed by atoms with Gasteiger partial charge in [0.05, 0.1) is 5.52 Å². The van der Waals surface area contributed by atoms with E-state index in [2.05, 4.69) is 4.98 Å². The van der Waals surface area contributed by atoms with Crippen molar-refractivity contribution in [3.8, 4) is 5.75 Å². The van der Waals surface area contributed by atoms with E-state index >= 15 is 0 Å². The maximum absolute atomic E-state index is 11.3. The Balaban J connectivity index is 0.000000845. The number of nitrogens with zero attached hydrogens (tertiary/aromatic N) is 1. The monoisotopic (exact) mass is 201 g/mol. The third-order valence-electron chi connectivity index (χ3n) is 1.82. The van der Waals surface area contributed by atoms with Gasteiger partial charge in [0.15, 0.2) is 0 Å². The topological polar surface area (TPSA) is 64.5 Å². The first kappa shape index (κ1) is 12.9. The van der Waals surface area contributed by atoms with E-state index in [1.807, 2.05) is 25.1 Å². The Morgan fingerprint density at radius 3 is 2.57 bits per heavy atom. The van der Waals surface area contributed by atoms with Crippen LogP contribution in [0.2, 0.25) is 0 Å². The van der Waals surface area contributed by atoms with Crippen LogP contribution in [0.4, 0.5) is 0 Å². The molecule has 68 valence electrons. The van der Waals surface area contributed by atoms with Crippen LogP contribution >= 0.6 is 0 Å². The van der Waals surface area contributed by atoms with Gasteiger partial charge in [0, 0.05) is 5.69 Å². The number of benzene rings is 1. The first-order valence-corrected chi connectivity index (χ1v) is 3.81. The molecule has 0 amide bonds.